The number of nitrogens with one attached hydrogen (secondary N) is 1. The fourth-order valence-electron chi connectivity index (χ4n) is 3.33. The van der Waals surface area contributed by atoms with Crippen LogP contribution < -0.4 is 10.5 Å². The zero-order valence-electron chi connectivity index (χ0n) is 14.2. The molecule has 0 unspecified atom stereocenters. The summed E-state index contributed by atoms with van der Waals surface area (Å²) < 4.78 is 27.5. The van der Waals surface area contributed by atoms with Crippen molar-refractivity contribution in [1.29, 1.82) is 0 Å². The van der Waals surface area contributed by atoms with Gasteiger partial charge in [0.1, 0.15) is 5.69 Å². The Morgan fingerprint density at radius 1 is 1.04 bits per heavy atom. The maximum Gasteiger partial charge on any atom is 0.294 e. The predicted octanol–water partition coefficient (Wildman–Crippen LogP) is 4.03. The molecular formula is C18H21N3O4S. The summed E-state index contributed by atoms with van der Waals surface area (Å²) in [6, 6.07) is 10.7. The van der Waals surface area contributed by atoms with Crippen LogP contribution in [0.25, 0.3) is 0 Å². The maximum absolute atomic E-state index is 12.5. The zero-order chi connectivity index (χ0) is 18.7. The van der Waals surface area contributed by atoms with E-state index < -0.39 is 14.9 Å². The number of hydrogen-bond donors (Lipinski definition) is 2. The summed E-state index contributed by atoms with van der Waals surface area (Å²) in [5, 5.41) is 10.9. The molecule has 8 heteroatoms. The number of nitrogens with two attached hydrogens (primary N) is 1. The molecule has 1 fully saturated rings. The lowest BCUT2D eigenvalue weighted by molar-refractivity contribution is -0.383. The molecule has 0 aliphatic heterocycles. The predicted molar refractivity (Wildman–Crippen MR) is 101 cm³/mol. The minimum Gasteiger partial charge on any atom is -0.393 e. The molecule has 0 amide bonds. The van der Waals surface area contributed by atoms with Crippen LogP contribution in [0.5, 0.6) is 0 Å². The van der Waals surface area contributed by atoms with Crippen LogP contribution in [0.4, 0.5) is 17.1 Å². The Labute approximate surface area is 152 Å². The van der Waals surface area contributed by atoms with Crippen molar-refractivity contribution in [3.05, 3.63) is 58.1 Å². The lowest BCUT2D eigenvalue weighted by atomic mass is 9.84. The summed E-state index contributed by atoms with van der Waals surface area (Å²) >= 11 is 0. The molecule has 0 saturated heterocycles. The lowest BCUT2D eigenvalue weighted by Gasteiger charge is -2.22. The Hall–Kier alpha value is -2.61. The van der Waals surface area contributed by atoms with Crippen molar-refractivity contribution in [2.24, 2.45) is 0 Å². The van der Waals surface area contributed by atoms with E-state index in [2.05, 4.69) is 4.72 Å². The first-order valence-electron chi connectivity index (χ1n) is 8.53. The molecule has 0 spiro atoms. The Balaban J connectivity index is 1.80. The Morgan fingerprint density at radius 2 is 1.69 bits per heavy atom. The topological polar surface area (TPSA) is 115 Å². The van der Waals surface area contributed by atoms with Crippen LogP contribution in [-0.2, 0) is 10.0 Å². The maximum atomic E-state index is 12.5. The highest BCUT2D eigenvalue weighted by Crippen LogP contribution is 2.33. The van der Waals surface area contributed by atoms with Gasteiger partial charge in [0.05, 0.1) is 15.5 Å². The fourth-order valence-corrected chi connectivity index (χ4v) is 4.38. The van der Waals surface area contributed by atoms with Gasteiger partial charge >= 0.3 is 0 Å². The van der Waals surface area contributed by atoms with Gasteiger partial charge in [-0.3, -0.25) is 14.8 Å². The highest BCUT2D eigenvalue weighted by molar-refractivity contribution is 7.92. The number of anilines is 2. The second-order valence-corrected chi connectivity index (χ2v) is 8.22. The van der Waals surface area contributed by atoms with Crippen LogP contribution in [0.2, 0.25) is 0 Å². The number of sulfonamides is 1. The van der Waals surface area contributed by atoms with Gasteiger partial charge < -0.3 is 5.73 Å². The normalized spacial score (nSPS) is 15.5. The third-order valence-corrected chi connectivity index (χ3v) is 6.14. The monoisotopic (exact) mass is 375 g/mol. The van der Waals surface area contributed by atoms with Gasteiger partial charge in [-0.05, 0) is 48.6 Å². The van der Waals surface area contributed by atoms with Gasteiger partial charge in [0, 0.05) is 6.07 Å². The Bertz CT molecular complexity index is 905. The van der Waals surface area contributed by atoms with Crippen molar-refractivity contribution < 1.29 is 13.3 Å². The Kier molecular flexibility index (Phi) is 5.13. The Morgan fingerprint density at radius 3 is 2.31 bits per heavy atom. The average Bonchev–Trinajstić information content (AvgIpc) is 2.64. The average molecular weight is 375 g/mol. The summed E-state index contributed by atoms with van der Waals surface area (Å²) in [6.07, 6.45) is 5.96. The quantitative estimate of drug-likeness (QED) is 0.465. The lowest BCUT2D eigenvalue weighted by Crippen LogP contribution is -2.13. The summed E-state index contributed by atoms with van der Waals surface area (Å²) in [5.74, 6) is 0.494. The highest BCUT2D eigenvalue weighted by Gasteiger charge is 2.19. The van der Waals surface area contributed by atoms with E-state index in [1.807, 2.05) is 12.1 Å². The molecule has 26 heavy (non-hydrogen) atoms. The third kappa shape index (κ3) is 3.96. The molecule has 0 atom stereocenters. The largest absolute Gasteiger partial charge is 0.393 e. The molecule has 2 aromatic rings. The standard InChI is InChI=1S/C18H21N3O4S/c19-17-11-8-15(12-18(17)21(22)23)20-26(24,25)16-9-6-14(7-10-16)13-4-2-1-3-5-13/h6-13,20H,1-5,19H2. The molecule has 3 rings (SSSR count). The number of nitrogen functional groups attached to an aromatic ring is 1. The molecule has 1 saturated carbocycles. The van der Waals surface area contributed by atoms with Crippen LogP contribution >= 0.6 is 0 Å². The number of nitro groups is 1. The van der Waals surface area contributed by atoms with E-state index in [0.29, 0.717) is 5.92 Å². The molecule has 3 N–H and O–H groups in total. The minimum absolute atomic E-state index is 0.0187. The summed E-state index contributed by atoms with van der Waals surface area (Å²) in [6.45, 7) is 0. The number of rotatable bonds is 5. The second kappa shape index (κ2) is 7.33. The van der Waals surface area contributed by atoms with Crippen LogP contribution in [0.15, 0.2) is 47.4 Å². The number of hydrogen-bond acceptors (Lipinski definition) is 5. The molecule has 1 aliphatic carbocycles. The molecule has 0 heterocycles. The molecule has 0 aromatic heterocycles. The second-order valence-electron chi connectivity index (χ2n) is 6.54. The van der Waals surface area contributed by atoms with Crippen molar-refractivity contribution in [2.75, 3.05) is 10.5 Å². The van der Waals surface area contributed by atoms with Crippen molar-refractivity contribution in [2.45, 2.75) is 42.9 Å². The van der Waals surface area contributed by atoms with E-state index in [1.165, 1.54) is 31.4 Å². The van der Waals surface area contributed by atoms with Gasteiger partial charge in [-0.2, -0.15) is 0 Å². The fraction of sp³-hybridized carbons (Fsp3) is 0.333. The van der Waals surface area contributed by atoms with Crippen molar-refractivity contribution in [3.8, 4) is 0 Å². The van der Waals surface area contributed by atoms with Gasteiger partial charge in [-0.25, -0.2) is 8.42 Å². The van der Waals surface area contributed by atoms with E-state index in [0.717, 1.165) is 24.5 Å². The van der Waals surface area contributed by atoms with Crippen molar-refractivity contribution in [3.63, 3.8) is 0 Å². The summed E-state index contributed by atoms with van der Waals surface area (Å²) in [5.41, 5.74) is 6.44. The number of nitro benzene ring substituents is 1. The first kappa shape index (κ1) is 18.2. The van der Waals surface area contributed by atoms with E-state index >= 15 is 0 Å². The highest BCUT2D eigenvalue weighted by atomic mass is 32.2. The van der Waals surface area contributed by atoms with Crippen LogP contribution in [0.1, 0.15) is 43.6 Å². The smallest absolute Gasteiger partial charge is 0.294 e. The molecular weight excluding hydrogens is 354 g/mol. The van der Waals surface area contributed by atoms with E-state index in [-0.39, 0.29) is 22.0 Å². The molecule has 0 radical (unpaired) electrons. The number of benzene rings is 2. The van der Waals surface area contributed by atoms with E-state index in [9.17, 15) is 18.5 Å². The first-order valence-corrected chi connectivity index (χ1v) is 10.0. The zero-order valence-corrected chi connectivity index (χ0v) is 15.0. The molecule has 2 aromatic carbocycles. The third-order valence-electron chi connectivity index (χ3n) is 4.75. The van der Waals surface area contributed by atoms with Crippen LogP contribution in [-0.4, -0.2) is 13.3 Å². The van der Waals surface area contributed by atoms with Gasteiger partial charge in [0.2, 0.25) is 0 Å². The van der Waals surface area contributed by atoms with Gasteiger partial charge in [0.15, 0.2) is 0 Å². The van der Waals surface area contributed by atoms with Gasteiger partial charge in [-0.15, -0.1) is 0 Å². The molecule has 138 valence electrons. The molecule has 0 bridgehead atoms. The first-order chi connectivity index (χ1) is 12.4. The van der Waals surface area contributed by atoms with Crippen LogP contribution in [0, 0.1) is 10.1 Å². The summed E-state index contributed by atoms with van der Waals surface area (Å²) in [7, 11) is -3.83. The minimum atomic E-state index is -3.83. The molecule has 1 aliphatic rings. The van der Waals surface area contributed by atoms with Crippen molar-refractivity contribution in [1.82, 2.24) is 0 Å². The van der Waals surface area contributed by atoms with Crippen LogP contribution in [0.3, 0.4) is 0 Å². The van der Waals surface area contributed by atoms with Gasteiger partial charge in [-0.1, -0.05) is 31.4 Å². The molecule has 7 nitrogen and oxygen atoms in total. The van der Waals surface area contributed by atoms with Gasteiger partial charge in [0.25, 0.3) is 15.7 Å². The number of nitrogens with zero attached hydrogens (tertiary/aromatic N) is 1. The van der Waals surface area contributed by atoms with Crippen molar-refractivity contribution >= 4 is 27.1 Å². The SMILES string of the molecule is Nc1ccc(NS(=O)(=O)c2ccc(C3CCCCC3)cc2)cc1[N+](=O)[O-]. The summed E-state index contributed by atoms with van der Waals surface area (Å²) in [4.78, 5) is 10.4. The van der Waals surface area contributed by atoms with E-state index in [4.69, 9.17) is 5.73 Å². The van der Waals surface area contributed by atoms with E-state index in [1.54, 1.807) is 12.1 Å².